The van der Waals surface area contributed by atoms with Crippen LogP contribution < -0.4 is 26.6 Å². The van der Waals surface area contributed by atoms with Crippen LogP contribution in [0.15, 0.2) is 0 Å². The van der Waals surface area contributed by atoms with Crippen LogP contribution in [0.2, 0.25) is 0 Å². The first-order chi connectivity index (χ1) is 25.0. The van der Waals surface area contributed by atoms with E-state index in [2.05, 4.69) is 26.6 Å². The maximum Gasteiger partial charge on any atom is 0.279 e. The lowest BCUT2D eigenvalue weighted by atomic mass is 10.1. The number of nitrogens with one attached hydrogen (secondary N) is 5. The van der Waals surface area contributed by atoms with Gasteiger partial charge in [-0.2, -0.15) is 0 Å². The van der Waals surface area contributed by atoms with Crippen LogP contribution in [0.5, 0.6) is 0 Å². The molecule has 2 aromatic rings. The molecule has 0 heterocycles. The van der Waals surface area contributed by atoms with Crippen LogP contribution in [0.4, 0.5) is 11.4 Å². The SMILES string of the molecule is O=C(CO)Nc1c(I)c(C(=O)NCCCNC(=O)c2c(I)c(NC(=O)CO)c(I)c(C(=O)N(O)CCCO)c2I)c(I)c(C(=O)NCC(O)CO)c1I. The molecule has 24 heteroatoms. The number of carbonyl (C=O) groups excluding carboxylic acids is 6. The van der Waals surface area contributed by atoms with E-state index in [9.17, 15) is 49.3 Å². The van der Waals surface area contributed by atoms with Crippen molar-refractivity contribution in [3.8, 4) is 0 Å². The first-order valence-corrected chi connectivity index (χ1v) is 21.4. The van der Waals surface area contributed by atoms with Crippen molar-refractivity contribution < 1.29 is 59.5 Å². The number of hydroxylamine groups is 2. The fourth-order valence-electron chi connectivity index (χ4n) is 4.17. The normalized spacial score (nSPS) is 11.4. The molecule has 11 N–H and O–H groups in total. The number of amides is 6. The highest BCUT2D eigenvalue weighted by molar-refractivity contribution is 14.1. The molecule has 0 aliphatic carbocycles. The summed E-state index contributed by atoms with van der Waals surface area (Å²) in [5.41, 5.74) is 0.117. The van der Waals surface area contributed by atoms with Crippen molar-refractivity contribution in [1.29, 1.82) is 0 Å². The van der Waals surface area contributed by atoms with E-state index >= 15 is 0 Å². The van der Waals surface area contributed by atoms with Crippen molar-refractivity contribution in [2.75, 3.05) is 63.2 Å². The van der Waals surface area contributed by atoms with Gasteiger partial charge in [-0.1, -0.05) is 0 Å². The summed E-state index contributed by atoms with van der Waals surface area (Å²) in [6, 6.07) is 0. The van der Waals surface area contributed by atoms with Crippen LogP contribution in [0.25, 0.3) is 0 Å². The van der Waals surface area contributed by atoms with Crippen molar-refractivity contribution in [2.24, 2.45) is 0 Å². The Labute approximate surface area is 383 Å². The number of halogens is 6. The molecule has 292 valence electrons. The number of nitrogens with zero attached hydrogens (tertiary/aromatic N) is 1. The second kappa shape index (κ2) is 23.6. The number of anilines is 2. The van der Waals surface area contributed by atoms with Gasteiger partial charge in [-0.15, -0.1) is 0 Å². The Hall–Kier alpha value is -0.600. The highest BCUT2D eigenvalue weighted by Crippen LogP contribution is 2.37. The molecule has 2 aromatic carbocycles. The van der Waals surface area contributed by atoms with E-state index < -0.39 is 61.4 Å². The second-order valence-electron chi connectivity index (χ2n) is 10.5. The molecule has 0 aliphatic heterocycles. The van der Waals surface area contributed by atoms with E-state index in [1.165, 1.54) is 0 Å². The summed E-state index contributed by atoms with van der Waals surface area (Å²) in [5, 5.41) is 70.1. The van der Waals surface area contributed by atoms with E-state index in [0.717, 1.165) is 0 Å². The summed E-state index contributed by atoms with van der Waals surface area (Å²) in [6.45, 7) is -3.10. The quantitative estimate of drug-likeness (QED) is 0.0432. The average molecular weight is 1420 g/mol. The maximum absolute atomic E-state index is 13.5. The Kier molecular flexibility index (Phi) is 21.6. The van der Waals surface area contributed by atoms with E-state index in [1.807, 2.05) is 90.4 Å². The van der Waals surface area contributed by atoms with Gasteiger partial charge in [0.15, 0.2) is 0 Å². The summed E-state index contributed by atoms with van der Waals surface area (Å²) in [4.78, 5) is 77.6. The zero-order chi connectivity index (χ0) is 40.2. The van der Waals surface area contributed by atoms with Crippen LogP contribution in [0.1, 0.15) is 54.3 Å². The largest absolute Gasteiger partial charge is 0.396 e. The summed E-state index contributed by atoms with van der Waals surface area (Å²) < 4.78 is 1.36. The fourth-order valence-corrected chi connectivity index (χ4v) is 13.0. The molecule has 0 spiro atoms. The number of aliphatic hydroxyl groups is 5. The zero-order valence-corrected chi connectivity index (χ0v) is 39.9. The number of aliphatic hydroxyl groups excluding tert-OH is 5. The minimum Gasteiger partial charge on any atom is -0.396 e. The third-order valence-electron chi connectivity index (χ3n) is 6.74. The summed E-state index contributed by atoms with van der Waals surface area (Å²) >= 11 is 10.9. The third kappa shape index (κ3) is 13.0. The highest BCUT2D eigenvalue weighted by Gasteiger charge is 2.31. The van der Waals surface area contributed by atoms with E-state index in [-0.39, 0.29) is 101 Å². The Morgan fingerprint density at radius 3 is 1.38 bits per heavy atom. The molecule has 0 fully saturated rings. The standard InChI is InChI=1S/C29H32I6N6O12/c30-18-14(20(32)24(39-12(47)9-44)21(33)15(18)28(51)38-7-11(46)8-43)26(49)36-3-1-4-37-27(50)16-19(31)17(29(52)41(53)5-2-6-42)23(35)25(22(16)34)40-13(48)10-45/h11,42-46,53H,1-10H2,(H,36,49)(H,37,50)(H,38,51)(H,39,47)(H,40,48). The van der Waals surface area contributed by atoms with Crippen LogP contribution in [0, 0.1) is 21.4 Å². The smallest absolute Gasteiger partial charge is 0.279 e. The number of rotatable bonds is 18. The molecular weight excluding hydrogens is 1390 g/mol. The molecule has 18 nitrogen and oxygen atoms in total. The van der Waals surface area contributed by atoms with Crippen molar-refractivity contribution in [2.45, 2.75) is 18.9 Å². The highest BCUT2D eigenvalue weighted by atomic mass is 127. The molecule has 53 heavy (non-hydrogen) atoms. The maximum atomic E-state index is 13.5. The van der Waals surface area contributed by atoms with Gasteiger partial charge in [-0.25, -0.2) is 5.06 Å². The van der Waals surface area contributed by atoms with E-state index in [0.29, 0.717) is 5.06 Å². The van der Waals surface area contributed by atoms with Gasteiger partial charge in [0.25, 0.3) is 23.6 Å². The third-order valence-corrected chi connectivity index (χ3v) is 13.2. The first kappa shape index (κ1) is 48.5. The van der Waals surface area contributed by atoms with E-state index in [4.69, 9.17) is 10.2 Å². The lowest BCUT2D eigenvalue weighted by Crippen LogP contribution is -2.36. The molecule has 0 saturated heterocycles. The van der Waals surface area contributed by atoms with Crippen LogP contribution >= 0.6 is 136 Å². The molecule has 0 aromatic heterocycles. The van der Waals surface area contributed by atoms with Crippen molar-refractivity contribution >= 4 is 182 Å². The summed E-state index contributed by atoms with van der Waals surface area (Å²) in [7, 11) is 0. The van der Waals surface area contributed by atoms with Crippen LogP contribution in [-0.4, -0.2) is 130 Å². The van der Waals surface area contributed by atoms with Crippen molar-refractivity contribution in [3.05, 3.63) is 43.7 Å². The molecule has 0 aliphatic rings. The molecule has 0 radical (unpaired) electrons. The van der Waals surface area contributed by atoms with Gasteiger partial charge in [0, 0.05) is 33.4 Å². The van der Waals surface area contributed by atoms with Crippen LogP contribution in [0.3, 0.4) is 0 Å². The minimum absolute atomic E-state index is 0.000523. The van der Waals surface area contributed by atoms with Gasteiger partial charge in [0.2, 0.25) is 11.8 Å². The predicted octanol–water partition coefficient (Wildman–Crippen LogP) is 1.02. The molecule has 2 rings (SSSR count). The number of benzene rings is 2. The minimum atomic E-state index is -1.24. The topological polar surface area (TPSA) is 287 Å². The fraction of sp³-hybridized carbons (Fsp3) is 0.379. The van der Waals surface area contributed by atoms with Gasteiger partial charge in [0.1, 0.15) is 13.2 Å². The number of hydrogen-bond donors (Lipinski definition) is 11. The molecular formula is C29H32I6N6O12. The van der Waals surface area contributed by atoms with Gasteiger partial charge in [0.05, 0.1) is 67.2 Å². The van der Waals surface area contributed by atoms with Crippen LogP contribution in [-0.2, 0) is 9.59 Å². The Bertz CT molecular complexity index is 1750. The van der Waals surface area contributed by atoms with Crippen molar-refractivity contribution in [1.82, 2.24) is 21.0 Å². The average Bonchev–Trinajstić information content (AvgIpc) is 3.12. The van der Waals surface area contributed by atoms with Gasteiger partial charge in [-0.05, 0) is 148 Å². The monoisotopic (exact) mass is 1420 g/mol. The lowest BCUT2D eigenvalue weighted by molar-refractivity contribution is -0.119. The first-order valence-electron chi connectivity index (χ1n) is 15.0. The Balaban J connectivity index is 2.34. The summed E-state index contributed by atoms with van der Waals surface area (Å²) in [5.74, 6) is -4.46. The van der Waals surface area contributed by atoms with E-state index in [1.54, 1.807) is 45.2 Å². The van der Waals surface area contributed by atoms with Gasteiger partial charge in [-0.3, -0.25) is 34.0 Å². The Morgan fingerprint density at radius 1 is 0.585 bits per heavy atom. The molecule has 1 atom stereocenters. The van der Waals surface area contributed by atoms with Gasteiger partial charge >= 0.3 is 0 Å². The lowest BCUT2D eigenvalue weighted by Gasteiger charge is -2.22. The molecule has 0 saturated carbocycles. The molecule has 1 unspecified atom stereocenters. The summed E-state index contributed by atoms with van der Waals surface area (Å²) in [6.07, 6.45) is -0.966. The Morgan fingerprint density at radius 2 is 0.981 bits per heavy atom. The van der Waals surface area contributed by atoms with Crippen molar-refractivity contribution in [3.63, 3.8) is 0 Å². The second-order valence-corrected chi connectivity index (χ2v) is 16.9. The number of carbonyl (C=O) groups is 6. The predicted molar refractivity (Wildman–Crippen MR) is 240 cm³/mol. The zero-order valence-electron chi connectivity index (χ0n) is 27.0. The van der Waals surface area contributed by atoms with Gasteiger partial charge < -0.3 is 52.1 Å². The molecule has 0 bridgehead atoms. The molecule has 6 amide bonds. The number of hydrogen-bond acceptors (Lipinski definition) is 12.